The van der Waals surface area contributed by atoms with E-state index in [0.29, 0.717) is 19.3 Å². The van der Waals surface area contributed by atoms with Crippen LogP contribution in [0.1, 0.15) is 298 Å². The molecule has 0 saturated carbocycles. The van der Waals surface area contributed by atoms with E-state index >= 15 is 0 Å². The molecule has 0 fully saturated rings. The van der Waals surface area contributed by atoms with Crippen LogP contribution < -0.4 is 0 Å². The zero-order valence-electron chi connectivity index (χ0n) is 42.0. The summed E-state index contributed by atoms with van der Waals surface area (Å²) in [5.41, 5.74) is 0. The third kappa shape index (κ3) is 47.7. The minimum atomic E-state index is -0.763. The lowest BCUT2D eigenvalue weighted by Gasteiger charge is -2.18. The lowest BCUT2D eigenvalue weighted by molar-refractivity contribution is -0.167. The Morgan fingerprint density at radius 1 is 0.328 bits per heavy atom. The van der Waals surface area contributed by atoms with Crippen molar-refractivity contribution in [3.05, 3.63) is 0 Å². The molecule has 0 amide bonds. The molecule has 1 unspecified atom stereocenters. The lowest BCUT2D eigenvalue weighted by Crippen LogP contribution is -2.30. The summed E-state index contributed by atoms with van der Waals surface area (Å²) < 4.78 is 16.8. The van der Waals surface area contributed by atoms with E-state index < -0.39 is 6.10 Å². The number of esters is 3. The molecule has 0 spiro atoms. The van der Waals surface area contributed by atoms with Crippen molar-refractivity contribution in [1.29, 1.82) is 0 Å². The molecular formula is C55H106O6. The van der Waals surface area contributed by atoms with E-state index in [4.69, 9.17) is 14.2 Å². The fraction of sp³-hybridized carbons (Fsp3) is 0.945. The maximum atomic E-state index is 12.8. The van der Waals surface area contributed by atoms with E-state index in [-0.39, 0.29) is 31.1 Å². The summed E-state index contributed by atoms with van der Waals surface area (Å²) in [5, 5.41) is 0. The van der Waals surface area contributed by atoms with Crippen molar-refractivity contribution >= 4 is 17.9 Å². The van der Waals surface area contributed by atoms with Gasteiger partial charge in [0.15, 0.2) is 6.10 Å². The van der Waals surface area contributed by atoms with Gasteiger partial charge in [-0.2, -0.15) is 0 Å². The molecule has 0 aliphatic rings. The minimum absolute atomic E-state index is 0.0645. The van der Waals surface area contributed by atoms with E-state index in [2.05, 4.69) is 41.5 Å². The summed E-state index contributed by atoms with van der Waals surface area (Å²) in [5.74, 6) is 1.67. The van der Waals surface area contributed by atoms with E-state index in [1.165, 1.54) is 180 Å². The van der Waals surface area contributed by atoms with Gasteiger partial charge in [0.2, 0.25) is 0 Å². The van der Waals surface area contributed by atoms with E-state index in [1.807, 2.05) is 0 Å². The first-order chi connectivity index (χ1) is 29.6. The van der Waals surface area contributed by atoms with Gasteiger partial charge in [0, 0.05) is 19.3 Å². The first-order valence-corrected chi connectivity index (χ1v) is 27.1. The van der Waals surface area contributed by atoms with Crippen LogP contribution in [0, 0.1) is 17.8 Å². The van der Waals surface area contributed by atoms with Crippen LogP contribution in [-0.2, 0) is 28.6 Å². The van der Waals surface area contributed by atoms with Gasteiger partial charge in [-0.1, -0.05) is 260 Å². The number of hydrogen-bond donors (Lipinski definition) is 0. The van der Waals surface area contributed by atoms with Crippen molar-refractivity contribution in [2.45, 2.75) is 304 Å². The molecule has 2 atom stereocenters. The smallest absolute Gasteiger partial charge is 0.306 e. The summed E-state index contributed by atoms with van der Waals surface area (Å²) in [6, 6.07) is 0. The zero-order valence-corrected chi connectivity index (χ0v) is 42.0. The first kappa shape index (κ1) is 59.4. The van der Waals surface area contributed by atoms with E-state index in [1.54, 1.807) is 0 Å². The van der Waals surface area contributed by atoms with Crippen LogP contribution >= 0.6 is 0 Å². The lowest BCUT2D eigenvalue weighted by atomic mass is 9.99. The summed E-state index contributed by atoms with van der Waals surface area (Å²) >= 11 is 0. The maximum Gasteiger partial charge on any atom is 0.306 e. The Morgan fingerprint density at radius 2 is 0.574 bits per heavy atom. The second-order valence-electron chi connectivity index (χ2n) is 20.1. The van der Waals surface area contributed by atoms with E-state index in [9.17, 15) is 14.4 Å². The summed E-state index contributed by atoms with van der Waals surface area (Å²) in [6.07, 6.45) is 46.6. The van der Waals surface area contributed by atoms with Crippen molar-refractivity contribution in [3.8, 4) is 0 Å². The molecule has 0 rings (SSSR count). The maximum absolute atomic E-state index is 12.8. The molecule has 0 bridgehead atoms. The topological polar surface area (TPSA) is 78.9 Å². The molecule has 0 aromatic heterocycles. The Hall–Kier alpha value is -1.59. The van der Waals surface area contributed by atoms with Gasteiger partial charge in [-0.25, -0.2) is 0 Å². The first-order valence-electron chi connectivity index (χ1n) is 27.1. The number of carbonyl (C=O) groups is 3. The highest BCUT2D eigenvalue weighted by atomic mass is 16.6. The third-order valence-electron chi connectivity index (χ3n) is 12.8. The van der Waals surface area contributed by atoms with Gasteiger partial charge in [-0.3, -0.25) is 14.4 Å². The molecule has 0 saturated heterocycles. The van der Waals surface area contributed by atoms with Gasteiger partial charge >= 0.3 is 17.9 Å². The van der Waals surface area contributed by atoms with Gasteiger partial charge in [-0.15, -0.1) is 0 Å². The third-order valence-corrected chi connectivity index (χ3v) is 12.8. The van der Waals surface area contributed by atoms with Crippen LogP contribution in [0.3, 0.4) is 0 Å². The van der Waals surface area contributed by atoms with Crippen LogP contribution in [0.15, 0.2) is 0 Å². The molecular weight excluding hydrogens is 757 g/mol. The predicted octanol–water partition coefficient (Wildman–Crippen LogP) is 17.6. The second kappa shape index (κ2) is 46.4. The summed E-state index contributed by atoms with van der Waals surface area (Å²) in [7, 11) is 0. The minimum Gasteiger partial charge on any atom is -0.462 e. The molecule has 0 aromatic rings. The van der Waals surface area contributed by atoms with Crippen molar-refractivity contribution in [2.24, 2.45) is 17.8 Å². The van der Waals surface area contributed by atoms with Crippen molar-refractivity contribution in [3.63, 3.8) is 0 Å². The highest BCUT2D eigenvalue weighted by Gasteiger charge is 2.19. The molecule has 0 heterocycles. The molecule has 0 aliphatic carbocycles. The van der Waals surface area contributed by atoms with Crippen molar-refractivity contribution in [1.82, 2.24) is 0 Å². The van der Waals surface area contributed by atoms with Crippen molar-refractivity contribution < 1.29 is 28.6 Å². The molecule has 0 aliphatic heterocycles. The molecule has 0 N–H and O–H groups in total. The Bertz CT molecular complexity index is 947. The van der Waals surface area contributed by atoms with E-state index in [0.717, 1.165) is 75.5 Å². The van der Waals surface area contributed by atoms with Gasteiger partial charge < -0.3 is 14.2 Å². The summed E-state index contributed by atoms with van der Waals surface area (Å²) in [4.78, 5) is 38.0. The van der Waals surface area contributed by atoms with Gasteiger partial charge in [-0.05, 0) is 37.0 Å². The molecule has 6 nitrogen and oxygen atoms in total. The zero-order chi connectivity index (χ0) is 44.9. The molecule has 0 radical (unpaired) electrons. The highest BCUT2D eigenvalue weighted by Crippen LogP contribution is 2.18. The number of rotatable bonds is 48. The van der Waals surface area contributed by atoms with Gasteiger partial charge in [0.25, 0.3) is 0 Å². The Morgan fingerprint density at radius 3 is 0.852 bits per heavy atom. The number of unbranched alkanes of at least 4 members (excludes halogenated alkanes) is 30. The molecule has 61 heavy (non-hydrogen) atoms. The summed E-state index contributed by atoms with van der Waals surface area (Å²) in [6.45, 7) is 13.7. The number of ether oxygens (including phenoxy) is 3. The van der Waals surface area contributed by atoms with Crippen LogP contribution in [0.5, 0.6) is 0 Å². The van der Waals surface area contributed by atoms with Crippen LogP contribution in [0.2, 0.25) is 0 Å². The number of carbonyl (C=O) groups excluding carboxylic acids is 3. The van der Waals surface area contributed by atoms with Crippen LogP contribution in [0.25, 0.3) is 0 Å². The highest BCUT2D eigenvalue weighted by molar-refractivity contribution is 5.71. The largest absolute Gasteiger partial charge is 0.462 e. The Balaban J connectivity index is 4.28. The normalized spacial score (nSPS) is 12.6. The molecule has 0 aromatic carbocycles. The molecule has 362 valence electrons. The quantitative estimate of drug-likeness (QED) is 0.0344. The monoisotopic (exact) mass is 863 g/mol. The Kier molecular flexibility index (Phi) is 45.2. The van der Waals surface area contributed by atoms with Crippen LogP contribution in [-0.4, -0.2) is 37.2 Å². The predicted molar refractivity (Wildman–Crippen MR) is 261 cm³/mol. The Labute approximate surface area is 380 Å². The van der Waals surface area contributed by atoms with Crippen LogP contribution in [0.4, 0.5) is 0 Å². The fourth-order valence-electron chi connectivity index (χ4n) is 8.26. The average molecular weight is 863 g/mol. The number of hydrogen-bond acceptors (Lipinski definition) is 6. The molecule has 6 heteroatoms. The second-order valence-corrected chi connectivity index (χ2v) is 20.1. The average Bonchev–Trinajstić information content (AvgIpc) is 3.23. The SMILES string of the molecule is CCC(C)CCCCCCCCCCCCCCCCC(=O)OC[C@H](COC(=O)CCCCCCCCCCC(C)C)OC(=O)CCCCCCCCCCCCCC(C)C. The van der Waals surface area contributed by atoms with Crippen molar-refractivity contribution in [2.75, 3.05) is 13.2 Å². The standard InChI is InChI=1S/C55H106O6/c1-7-51(6)43-37-31-25-18-14-10-8-9-11-15-19-26-32-38-44-53(56)59-47-52(48-60-54(57)45-39-33-27-22-21-24-30-36-42-50(4)5)61-55(58)46-40-34-28-20-16-12-13-17-23-29-35-41-49(2)3/h49-52H,7-48H2,1-6H3/t51?,52-/m1/s1. The van der Waals surface area contributed by atoms with Gasteiger partial charge in [0.1, 0.15) is 13.2 Å². The fourth-order valence-corrected chi connectivity index (χ4v) is 8.26. The van der Waals surface area contributed by atoms with Gasteiger partial charge in [0.05, 0.1) is 0 Å².